The molecule has 19 heavy (non-hydrogen) atoms. The number of hydrogen-bond donors (Lipinski definition) is 2. The second-order valence-electron chi connectivity index (χ2n) is 5.53. The summed E-state index contributed by atoms with van der Waals surface area (Å²) in [5.41, 5.74) is 7.84. The number of rotatable bonds is 5. The number of sulfonamides is 1. The van der Waals surface area contributed by atoms with Crippen LogP contribution in [0.4, 0.5) is 5.69 Å². The van der Waals surface area contributed by atoms with Crippen molar-refractivity contribution >= 4 is 15.7 Å². The Morgan fingerprint density at radius 2 is 1.79 bits per heavy atom. The first-order valence-corrected chi connectivity index (χ1v) is 8.00. The smallest absolute Gasteiger partial charge is 0.240 e. The molecule has 1 unspecified atom stereocenters. The summed E-state index contributed by atoms with van der Waals surface area (Å²) in [6.07, 6.45) is 0. The number of nitrogens with one attached hydrogen (secondary N) is 1. The molecular formula is C14H24N2O2S. The third kappa shape index (κ3) is 3.94. The Labute approximate surface area is 116 Å². The molecular weight excluding hydrogens is 260 g/mol. The van der Waals surface area contributed by atoms with Crippen LogP contribution in [0, 0.1) is 25.7 Å². The molecule has 1 rings (SSSR count). The lowest BCUT2D eigenvalue weighted by Gasteiger charge is -2.17. The van der Waals surface area contributed by atoms with Gasteiger partial charge < -0.3 is 5.73 Å². The predicted molar refractivity (Wildman–Crippen MR) is 79.5 cm³/mol. The van der Waals surface area contributed by atoms with Crippen LogP contribution in [-0.2, 0) is 10.0 Å². The maximum Gasteiger partial charge on any atom is 0.240 e. The van der Waals surface area contributed by atoms with E-state index in [1.807, 2.05) is 13.8 Å². The summed E-state index contributed by atoms with van der Waals surface area (Å²) in [6, 6.07) is 3.30. The predicted octanol–water partition coefficient (Wildman–Crippen LogP) is 2.46. The van der Waals surface area contributed by atoms with Crippen molar-refractivity contribution in [2.24, 2.45) is 11.8 Å². The van der Waals surface area contributed by atoms with Gasteiger partial charge in [-0.1, -0.05) is 20.8 Å². The highest BCUT2D eigenvalue weighted by atomic mass is 32.2. The second kappa shape index (κ2) is 5.92. The van der Waals surface area contributed by atoms with Gasteiger partial charge in [-0.2, -0.15) is 0 Å². The highest BCUT2D eigenvalue weighted by Gasteiger charge is 2.20. The van der Waals surface area contributed by atoms with E-state index in [1.165, 1.54) is 6.07 Å². The summed E-state index contributed by atoms with van der Waals surface area (Å²) in [4.78, 5) is 0.279. The van der Waals surface area contributed by atoms with Crippen LogP contribution in [0.25, 0.3) is 0 Å². The summed E-state index contributed by atoms with van der Waals surface area (Å²) < 4.78 is 27.3. The fourth-order valence-corrected chi connectivity index (χ4v) is 3.18. The Bertz CT molecular complexity index is 551. The first-order chi connectivity index (χ1) is 8.65. The second-order valence-corrected chi connectivity index (χ2v) is 7.27. The molecule has 0 saturated heterocycles. The van der Waals surface area contributed by atoms with Crippen LogP contribution in [0.1, 0.15) is 31.9 Å². The Morgan fingerprint density at radius 3 is 2.32 bits per heavy atom. The van der Waals surface area contributed by atoms with Crippen molar-refractivity contribution in [3.8, 4) is 0 Å². The normalized spacial score (nSPS) is 13.8. The zero-order valence-corrected chi connectivity index (χ0v) is 13.1. The summed E-state index contributed by atoms with van der Waals surface area (Å²) in [5.74, 6) is 0.726. The molecule has 0 aliphatic rings. The molecule has 0 fully saturated rings. The molecule has 5 heteroatoms. The maximum absolute atomic E-state index is 12.3. The lowest BCUT2D eigenvalue weighted by atomic mass is 9.99. The molecule has 1 atom stereocenters. The first kappa shape index (κ1) is 16.0. The van der Waals surface area contributed by atoms with E-state index in [9.17, 15) is 8.42 Å². The average Bonchev–Trinajstić information content (AvgIpc) is 2.30. The minimum Gasteiger partial charge on any atom is -0.399 e. The number of hydrogen-bond acceptors (Lipinski definition) is 3. The van der Waals surface area contributed by atoms with Crippen molar-refractivity contribution in [2.45, 2.75) is 39.5 Å². The van der Waals surface area contributed by atoms with Crippen LogP contribution in [0.15, 0.2) is 17.0 Å². The molecule has 4 nitrogen and oxygen atoms in total. The monoisotopic (exact) mass is 284 g/mol. The fraction of sp³-hybridized carbons (Fsp3) is 0.571. The van der Waals surface area contributed by atoms with E-state index in [0.717, 1.165) is 11.1 Å². The standard InChI is InChI=1S/C14H24N2O2S/c1-9(2)11(4)8-16-19(17,18)14-7-13(15)6-10(3)12(14)5/h6-7,9,11,16H,8,15H2,1-5H3. The van der Waals surface area contributed by atoms with Gasteiger partial charge in [-0.25, -0.2) is 13.1 Å². The topological polar surface area (TPSA) is 72.2 Å². The third-order valence-electron chi connectivity index (χ3n) is 3.66. The molecule has 1 aromatic rings. The summed E-state index contributed by atoms with van der Waals surface area (Å²) in [5, 5.41) is 0. The fourth-order valence-electron chi connectivity index (χ4n) is 1.69. The molecule has 0 aliphatic carbocycles. The van der Waals surface area contributed by atoms with Crippen molar-refractivity contribution in [2.75, 3.05) is 12.3 Å². The number of aryl methyl sites for hydroxylation is 1. The minimum atomic E-state index is -3.49. The highest BCUT2D eigenvalue weighted by molar-refractivity contribution is 7.89. The molecule has 3 N–H and O–H groups in total. The molecule has 0 radical (unpaired) electrons. The highest BCUT2D eigenvalue weighted by Crippen LogP contribution is 2.22. The van der Waals surface area contributed by atoms with Crippen molar-refractivity contribution in [1.82, 2.24) is 4.72 Å². The molecule has 0 bridgehead atoms. The van der Waals surface area contributed by atoms with Crippen molar-refractivity contribution < 1.29 is 8.42 Å². The third-order valence-corrected chi connectivity index (χ3v) is 5.21. The number of nitrogens with two attached hydrogens (primary N) is 1. The van der Waals surface area contributed by atoms with Crippen LogP contribution >= 0.6 is 0 Å². The summed E-state index contributed by atoms with van der Waals surface area (Å²) >= 11 is 0. The van der Waals surface area contributed by atoms with Gasteiger partial charge in [0.15, 0.2) is 0 Å². The van der Waals surface area contributed by atoms with Crippen LogP contribution < -0.4 is 10.5 Å². The van der Waals surface area contributed by atoms with Gasteiger partial charge in [0.2, 0.25) is 10.0 Å². The molecule has 0 aromatic heterocycles. The Morgan fingerprint density at radius 1 is 1.21 bits per heavy atom. The van der Waals surface area contributed by atoms with E-state index >= 15 is 0 Å². The van der Waals surface area contributed by atoms with Crippen molar-refractivity contribution in [1.29, 1.82) is 0 Å². The molecule has 0 aliphatic heterocycles. The molecule has 0 amide bonds. The Balaban J connectivity index is 3.01. The van der Waals surface area contributed by atoms with Gasteiger partial charge in [0.05, 0.1) is 4.90 Å². The Hall–Kier alpha value is -1.07. The van der Waals surface area contributed by atoms with Gasteiger partial charge in [0.1, 0.15) is 0 Å². The van der Waals surface area contributed by atoms with E-state index in [-0.39, 0.29) is 10.8 Å². The van der Waals surface area contributed by atoms with E-state index in [1.54, 1.807) is 13.0 Å². The van der Waals surface area contributed by atoms with Crippen molar-refractivity contribution in [3.05, 3.63) is 23.3 Å². The maximum atomic E-state index is 12.3. The van der Waals surface area contributed by atoms with E-state index in [0.29, 0.717) is 18.2 Å². The molecule has 0 saturated carbocycles. The van der Waals surface area contributed by atoms with Crippen LogP contribution in [-0.4, -0.2) is 15.0 Å². The molecule has 108 valence electrons. The lowest BCUT2D eigenvalue weighted by Crippen LogP contribution is -2.30. The van der Waals surface area contributed by atoms with Gasteiger partial charge in [-0.15, -0.1) is 0 Å². The van der Waals surface area contributed by atoms with Gasteiger partial charge in [-0.3, -0.25) is 0 Å². The molecule has 1 aromatic carbocycles. The zero-order chi connectivity index (χ0) is 14.8. The zero-order valence-electron chi connectivity index (χ0n) is 12.3. The van der Waals surface area contributed by atoms with E-state index in [4.69, 9.17) is 5.73 Å². The van der Waals surface area contributed by atoms with Crippen LogP contribution in [0.5, 0.6) is 0 Å². The largest absolute Gasteiger partial charge is 0.399 e. The van der Waals surface area contributed by atoms with Crippen LogP contribution in [0.3, 0.4) is 0 Å². The first-order valence-electron chi connectivity index (χ1n) is 6.51. The van der Waals surface area contributed by atoms with E-state index < -0.39 is 10.0 Å². The average molecular weight is 284 g/mol. The number of anilines is 1. The molecule has 0 heterocycles. The Kier molecular flexibility index (Phi) is 4.98. The van der Waals surface area contributed by atoms with Gasteiger partial charge in [0, 0.05) is 12.2 Å². The molecule has 0 spiro atoms. The van der Waals surface area contributed by atoms with Gasteiger partial charge in [0.25, 0.3) is 0 Å². The lowest BCUT2D eigenvalue weighted by molar-refractivity contribution is 0.414. The van der Waals surface area contributed by atoms with E-state index in [2.05, 4.69) is 18.6 Å². The quantitative estimate of drug-likeness (QED) is 0.816. The van der Waals surface area contributed by atoms with Crippen LogP contribution in [0.2, 0.25) is 0 Å². The summed E-state index contributed by atoms with van der Waals surface area (Å²) in [6.45, 7) is 10.3. The number of benzene rings is 1. The summed E-state index contributed by atoms with van der Waals surface area (Å²) in [7, 11) is -3.49. The number of nitrogen functional groups attached to an aromatic ring is 1. The minimum absolute atomic E-state index is 0.279. The van der Waals surface area contributed by atoms with Crippen molar-refractivity contribution in [3.63, 3.8) is 0 Å². The van der Waals surface area contributed by atoms with Gasteiger partial charge >= 0.3 is 0 Å². The van der Waals surface area contributed by atoms with Gasteiger partial charge in [-0.05, 0) is 48.9 Å². The SMILES string of the molecule is Cc1cc(N)cc(S(=O)(=O)NCC(C)C(C)C)c1C.